The predicted molar refractivity (Wildman–Crippen MR) is 107 cm³/mol. The molecule has 2 N–H and O–H groups in total. The second kappa shape index (κ2) is 5.38. The van der Waals surface area contributed by atoms with Crippen LogP contribution in [0.15, 0.2) is 64.4 Å². The van der Waals surface area contributed by atoms with E-state index in [0.29, 0.717) is 23.1 Å². The number of benzene rings is 2. The highest BCUT2D eigenvalue weighted by Gasteiger charge is 2.36. The van der Waals surface area contributed by atoms with Gasteiger partial charge in [-0.25, -0.2) is 4.99 Å². The predicted octanol–water partition coefficient (Wildman–Crippen LogP) is 3.13. The molecule has 0 aliphatic carbocycles. The Morgan fingerprint density at radius 3 is 2.72 bits per heavy atom. The highest BCUT2D eigenvalue weighted by atomic mass is 16.5. The van der Waals surface area contributed by atoms with Gasteiger partial charge in [-0.3, -0.25) is 4.79 Å². The number of hydrogen-bond donors (Lipinski definition) is 2. The zero-order valence-corrected chi connectivity index (χ0v) is 15.5. The smallest absolute Gasteiger partial charge is 0.282 e. The van der Waals surface area contributed by atoms with Crippen LogP contribution in [-0.2, 0) is 15.1 Å². The van der Waals surface area contributed by atoms with Crippen molar-refractivity contribution in [2.24, 2.45) is 4.99 Å². The maximum Gasteiger partial charge on any atom is 0.282 e. The zero-order chi connectivity index (χ0) is 19.8. The molecule has 4 heterocycles. The standard InChI is InChI=1S/C23H16N2O4/c1-23(9-3-11-29-23)18-15-8-6-12-13(20(15)25-22(18)27)5-7-14-17(16-4-2-10-28-16)21(26)24-19(12)14/h2-8,10-11,25,27H,9H2,1H3. The highest BCUT2D eigenvalue weighted by molar-refractivity contribution is 6.21. The van der Waals surface area contributed by atoms with Gasteiger partial charge in [-0.15, -0.1) is 0 Å². The number of ether oxygens (including phenoxy) is 1. The molecule has 1 atom stereocenters. The minimum absolute atomic E-state index is 0.0926. The average molecular weight is 384 g/mol. The van der Waals surface area contributed by atoms with Crippen molar-refractivity contribution in [3.63, 3.8) is 0 Å². The van der Waals surface area contributed by atoms with E-state index in [0.717, 1.165) is 32.5 Å². The molecule has 6 nitrogen and oxygen atoms in total. The molecule has 1 amide bonds. The van der Waals surface area contributed by atoms with Gasteiger partial charge in [0.1, 0.15) is 11.4 Å². The summed E-state index contributed by atoms with van der Waals surface area (Å²) in [5, 5.41) is 14.7. The quantitative estimate of drug-likeness (QED) is 0.556. The Morgan fingerprint density at radius 1 is 1.14 bits per heavy atom. The minimum atomic E-state index is -0.618. The summed E-state index contributed by atoms with van der Waals surface area (Å²) in [5.74, 6) is 0.294. The summed E-state index contributed by atoms with van der Waals surface area (Å²) in [6, 6.07) is 11.2. The Balaban J connectivity index is 1.68. The number of furan rings is 1. The molecular formula is C23H16N2O4. The lowest BCUT2D eigenvalue weighted by Gasteiger charge is -2.23. The van der Waals surface area contributed by atoms with Crippen LogP contribution in [0.4, 0.5) is 0 Å². The first-order chi connectivity index (χ1) is 14.1. The van der Waals surface area contributed by atoms with Crippen LogP contribution in [0.25, 0.3) is 27.2 Å². The Labute approximate surface area is 164 Å². The topological polar surface area (TPSA) is 87.8 Å². The molecule has 142 valence electrons. The molecule has 0 saturated heterocycles. The summed E-state index contributed by atoms with van der Waals surface area (Å²) in [6.07, 6.45) is 5.84. The van der Waals surface area contributed by atoms with E-state index < -0.39 is 5.60 Å². The number of aromatic amines is 1. The number of aromatic hydroxyl groups is 1. The van der Waals surface area contributed by atoms with Gasteiger partial charge < -0.3 is 19.2 Å². The van der Waals surface area contributed by atoms with Crippen molar-refractivity contribution in [3.8, 4) is 5.88 Å². The highest BCUT2D eigenvalue weighted by Crippen LogP contribution is 2.44. The first kappa shape index (κ1) is 16.2. The molecule has 1 unspecified atom stereocenters. The largest absolute Gasteiger partial charge is 0.494 e. The fourth-order valence-electron chi connectivity index (χ4n) is 4.51. The summed E-state index contributed by atoms with van der Waals surface area (Å²) in [5.41, 5.74) is 1.38. The number of amides is 1. The molecule has 2 aliphatic rings. The van der Waals surface area contributed by atoms with Crippen LogP contribution in [-0.4, -0.2) is 16.0 Å². The van der Waals surface area contributed by atoms with E-state index in [1.54, 1.807) is 24.7 Å². The molecule has 0 saturated carbocycles. The number of aromatic nitrogens is 1. The number of carbonyl (C=O) groups is 1. The summed E-state index contributed by atoms with van der Waals surface area (Å²) >= 11 is 0. The Hall–Kier alpha value is -3.80. The van der Waals surface area contributed by atoms with E-state index in [1.807, 2.05) is 37.3 Å². The average Bonchev–Trinajstić information content (AvgIpc) is 3.46. The lowest BCUT2D eigenvalue weighted by atomic mass is 9.91. The lowest BCUT2D eigenvalue weighted by molar-refractivity contribution is -0.112. The van der Waals surface area contributed by atoms with Crippen molar-refractivity contribution >= 4 is 33.2 Å². The molecular weight excluding hydrogens is 368 g/mol. The van der Waals surface area contributed by atoms with Gasteiger partial charge in [0.25, 0.3) is 5.91 Å². The normalized spacial score (nSPS) is 20.4. The van der Waals surface area contributed by atoms with Crippen LogP contribution in [0, 0.1) is 0 Å². The van der Waals surface area contributed by atoms with E-state index in [-0.39, 0.29) is 11.8 Å². The molecule has 0 fully saturated rings. The third-order valence-corrected chi connectivity index (χ3v) is 5.85. The molecule has 2 aliphatic heterocycles. The van der Waals surface area contributed by atoms with Crippen LogP contribution in [0.3, 0.4) is 0 Å². The molecule has 2 aromatic heterocycles. The minimum Gasteiger partial charge on any atom is -0.494 e. The number of H-pyrrole nitrogens is 1. The number of rotatable bonds is 2. The van der Waals surface area contributed by atoms with Crippen molar-refractivity contribution in [3.05, 3.63) is 76.9 Å². The van der Waals surface area contributed by atoms with Gasteiger partial charge in [0, 0.05) is 27.8 Å². The third kappa shape index (κ3) is 2.05. The molecule has 6 rings (SSSR count). The summed E-state index contributed by atoms with van der Waals surface area (Å²) in [7, 11) is 0. The number of hydrogen-bond acceptors (Lipinski definition) is 4. The monoisotopic (exact) mass is 384 g/mol. The molecule has 0 spiro atoms. The Kier molecular flexibility index (Phi) is 3.00. The fourth-order valence-corrected chi connectivity index (χ4v) is 4.51. The number of carbonyl (C=O) groups excluding carboxylic acids is 1. The van der Waals surface area contributed by atoms with E-state index in [1.165, 1.54) is 0 Å². The van der Waals surface area contributed by atoms with Gasteiger partial charge in [0.05, 0.1) is 34.5 Å². The first-order valence-electron chi connectivity index (χ1n) is 9.38. The summed E-state index contributed by atoms with van der Waals surface area (Å²) in [6.45, 7) is 1.96. The lowest BCUT2D eigenvalue weighted by Crippen LogP contribution is -2.24. The summed E-state index contributed by atoms with van der Waals surface area (Å²) < 4.78 is 11.2. The van der Waals surface area contributed by atoms with E-state index >= 15 is 0 Å². The van der Waals surface area contributed by atoms with Crippen LogP contribution in [0.5, 0.6) is 5.88 Å². The van der Waals surface area contributed by atoms with Crippen molar-refractivity contribution in [2.45, 2.75) is 18.9 Å². The van der Waals surface area contributed by atoms with Gasteiger partial charge in [-0.05, 0) is 25.1 Å². The Morgan fingerprint density at radius 2 is 1.97 bits per heavy atom. The molecule has 29 heavy (non-hydrogen) atoms. The maximum absolute atomic E-state index is 12.6. The van der Waals surface area contributed by atoms with Crippen LogP contribution in [0.1, 0.15) is 24.7 Å². The zero-order valence-electron chi connectivity index (χ0n) is 15.5. The number of nitrogens with one attached hydrogen (secondary N) is 1. The number of fused-ring (bicyclic) bond motifs is 5. The summed E-state index contributed by atoms with van der Waals surface area (Å²) in [4.78, 5) is 20.0. The first-order valence-corrected chi connectivity index (χ1v) is 9.38. The van der Waals surface area contributed by atoms with E-state index in [4.69, 9.17) is 9.15 Å². The van der Waals surface area contributed by atoms with Crippen molar-refractivity contribution in [2.75, 3.05) is 0 Å². The van der Waals surface area contributed by atoms with Crippen molar-refractivity contribution in [1.82, 2.24) is 4.98 Å². The molecule has 2 aromatic carbocycles. The van der Waals surface area contributed by atoms with Gasteiger partial charge in [-0.2, -0.15) is 0 Å². The van der Waals surface area contributed by atoms with Gasteiger partial charge >= 0.3 is 0 Å². The Bertz CT molecular complexity index is 1480. The van der Waals surface area contributed by atoms with E-state index in [2.05, 4.69) is 9.98 Å². The second-order valence-electron chi connectivity index (χ2n) is 7.59. The van der Waals surface area contributed by atoms with Crippen LogP contribution in [0.2, 0.25) is 0 Å². The van der Waals surface area contributed by atoms with E-state index in [9.17, 15) is 9.90 Å². The maximum atomic E-state index is 12.6. The van der Waals surface area contributed by atoms with Gasteiger partial charge in [0.2, 0.25) is 0 Å². The van der Waals surface area contributed by atoms with Crippen LogP contribution >= 0.6 is 0 Å². The van der Waals surface area contributed by atoms with Crippen molar-refractivity contribution < 1.29 is 19.1 Å². The fraction of sp³-hybridized carbons (Fsp3) is 0.130. The second-order valence-corrected chi connectivity index (χ2v) is 7.59. The SMILES string of the molecule is CC1(c2c(O)[nH]c3c2ccc2c4c(ccc23)=C(c2ccco2)C(=O)N=4)CC=CO1. The van der Waals surface area contributed by atoms with Crippen LogP contribution < -0.4 is 10.6 Å². The van der Waals surface area contributed by atoms with Gasteiger partial charge in [-0.1, -0.05) is 24.3 Å². The third-order valence-electron chi connectivity index (χ3n) is 5.85. The van der Waals surface area contributed by atoms with Gasteiger partial charge in [0.15, 0.2) is 5.88 Å². The molecule has 4 aromatic rings. The molecule has 0 bridgehead atoms. The molecule has 6 heteroatoms. The number of nitrogens with zero attached hydrogens (tertiary/aromatic N) is 1. The van der Waals surface area contributed by atoms with Crippen molar-refractivity contribution in [1.29, 1.82) is 0 Å². The molecule has 0 radical (unpaired) electrons.